The van der Waals surface area contributed by atoms with E-state index in [9.17, 15) is 27.2 Å². The summed E-state index contributed by atoms with van der Waals surface area (Å²) in [5.41, 5.74) is 3.40. The maximum atomic E-state index is 13.7. The van der Waals surface area contributed by atoms with Gasteiger partial charge in [0.1, 0.15) is 37.1 Å². The monoisotopic (exact) mass is 413 g/mol. The number of amides is 3. The predicted molar refractivity (Wildman–Crippen MR) is 95.7 cm³/mol. The Morgan fingerprint density at radius 2 is 1.86 bits per heavy atom. The first-order valence-electron chi connectivity index (χ1n) is 8.74. The fourth-order valence-corrected chi connectivity index (χ4v) is 3.09. The number of carbonyl (C=O) groups is 2. The summed E-state index contributed by atoms with van der Waals surface area (Å²) >= 11 is 0. The summed E-state index contributed by atoms with van der Waals surface area (Å²) in [6, 6.07) is 4.54. The van der Waals surface area contributed by atoms with Gasteiger partial charge in [0.25, 0.3) is 5.91 Å². The molecular weight excluding hydrogens is 394 g/mol. The molecular formula is C18H19F4N5O2. The normalized spacial score (nSPS) is 13.9. The topological polar surface area (TPSA) is 93.2 Å². The predicted octanol–water partition coefficient (Wildman–Crippen LogP) is 1.96. The van der Waals surface area contributed by atoms with Gasteiger partial charge in [0, 0.05) is 12.1 Å². The lowest BCUT2D eigenvalue weighted by molar-refractivity contribution is 0.0807. The molecule has 3 amide bonds. The van der Waals surface area contributed by atoms with Crippen molar-refractivity contribution in [3.05, 3.63) is 41.3 Å². The molecule has 0 bridgehead atoms. The fraction of sp³-hybridized carbons (Fsp3) is 0.389. The molecule has 0 radical (unpaired) electrons. The van der Waals surface area contributed by atoms with Gasteiger partial charge >= 0.3 is 6.03 Å². The molecule has 1 aliphatic heterocycles. The Kier molecular flexibility index (Phi) is 5.76. The van der Waals surface area contributed by atoms with Gasteiger partial charge in [0.2, 0.25) is 0 Å². The number of nitrogens with zero attached hydrogens (tertiary/aromatic N) is 3. The van der Waals surface area contributed by atoms with E-state index in [-0.39, 0.29) is 42.1 Å². The maximum absolute atomic E-state index is 13.7. The van der Waals surface area contributed by atoms with E-state index in [1.165, 1.54) is 27.8 Å². The number of fused-ring (bicyclic) bond motifs is 1. The highest BCUT2D eigenvalue weighted by Crippen LogP contribution is 2.29. The van der Waals surface area contributed by atoms with E-state index >= 15 is 0 Å². The molecule has 11 heteroatoms. The number of hydrogen-bond acceptors (Lipinski definition) is 3. The summed E-state index contributed by atoms with van der Waals surface area (Å²) in [4.78, 5) is 25.7. The Morgan fingerprint density at radius 3 is 2.45 bits per heavy atom. The molecule has 2 aromatic rings. The summed E-state index contributed by atoms with van der Waals surface area (Å²) < 4.78 is 55.0. The summed E-state index contributed by atoms with van der Waals surface area (Å²) in [5.74, 6) is -1.56. The second-order valence-corrected chi connectivity index (χ2v) is 6.80. The van der Waals surface area contributed by atoms with E-state index in [2.05, 4.69) is 10.4 Å². The Labute approximate surface area is 163 Å². The van der Waals surface area contributed by atoms with Crippen LogP contribution in [0.5, 0.6) is 0 Å². The number of rotatable bonds is 6. The van der Waals surface area contributed by atoms with Gasteiger partial charge in [-0.15, -0.1) is 0 Å². The lowest BCUT2D eigenvalue weighted by Gasteiger charge is -2.28. The maximum Gasteiger partial charge on any atom is 0.315 e. The number of hydrogen-bond donors (Lipinski definition) is 2. The SMILES string of the molecule is NC(=O)N1CCn2nc(-c3cccc(F)c3)c(C(=O)NC(CF)(CF)CF)c2C1. The zero-order valence-electron chi connectivity index (χ0n) is 15.3. The standard InChI is InChI=1S/C18H19F4N5O2/c19-8-18(9-20,10-21)24-16(28)14-13-7-26(17(23)29)4-5-27(13)25-15(14)11-2-1-3-12(22)6-11/h1-3,6H,4-5,7-10H2,(H2,23,29)(H,24,28). The minimum absolute atomic E-state index is 0.0498. The van der Waals surface area contributed by atoms with Crippen molar-refractivity contribution in [2.24, 2.45) is 5.73 Å². The molecule has 7 nitrogen and oxygen atoms in total. The first kappa shape index (κ1) is 20.6. The van der Waals surface area contributed by atoms with Crippen molar-refractivity contribution in [3.63, 3.8) is 0 Å². The lowest BCUT2D eigenvalue weighted by Crippen LogP contribution is -2.54. The van der Waals surface area contributed by atoms with Gasteiger partial charge in [-0.25, -0.2) is 22.4 Å². The zero-order chi connectivity index (χ0) is 21.2. The molecule has 2 heterocycles. The summed E-state index contributed by atoms with van der Waals surface area (Å²) in [7, 11) is 0. The van der Waals surface area contributed by atoms with Crippen LogP contribution in [0.2, 0.25) is 0 Å². The summed E-state index contributed by atoms with van der Waals surface area (Å²) in [5, 5.41) is 6.37. The molecule has 0 aliphatic carbocycles. The van der Waals surface area contributed by atoms with Crippen LogP contribution in [0.4, 0.5) is 22.4 Å². The Hall–Kier alpha value is -3.11. The first-order valence-corrected chi connectivity index (χ1v) is 8.74. The minimum atomic E-state index is -2.33. The van der Waals surface area contributed by atoms with Gasteiger partial charge in [-0.05, 0) is 12.1 Å². The van der Waals surface area contributed by atoms with Crippen molar-refractivity contribution in [1.29, 1.82) is 0 Å². The minimum Gasteiger partial charge on any atom is -0.351 e. The van der Waals surface area contributed by atoms with Crippen LogP contribution in [-0.2, 0) is 13.1 Å². The number of primary amides is 1. The quantitative estimate of drug-likeness (QED) is 0.709. The second kappa shape index (κ2) is 8.10. The van der Waals surface area contributed by atoms with Crippen molar-refractivity contribution in [3.8, 4) is 11.3 Å². The number of halogens is 4. The third-order valence-corrected chi connectivity index (χ3v) is 4.76. The number of benzene rings is 1. The van der Waals surface area contributed by atoms with Gasteiger partial charge in [-0.3, -0.25) is 9.48 Å². The smallest absolute Gasteiger partial charge is 0.315 e. The van der Waals surface area contributed by atoms with E-state index in [0.29, 0.717) is 0 Å². The van der Waals surface area contributed by atoms with Gasteiger partial charge in [0.15, 0.2) is 0 Å². The van der Waals surface area contributed by atoms with Crippen LogP contribution in [0, 0.1) is 5.82 Å². The van der Waals surface area contributed by atoms with Crippen molar-refractivity contribution in [1.82, 2.24) is 20.0 Å². The van der Waals surface area contributed by atoms with E-state index < -0.39 is 43.3 Å². The molecule has 1 aromatic carbocycles. The highest BCUT2D eigenvalue weighted by Gasteiger charge is 2.37. The first-order chi connectivity index (χ1) is 13.8. The van der Waals surface area contributed by atoms with Crippen molar-refractivity contribution in [2.45, 2.75) is 18.6 Å². The fourth-order valence-electron chi connectivity index (χ4n) is 3.09. The van der Waals surface area contributed by atoms with Crippen molar-refractivity contribution in [2.75, 3.05) is 26.6 Å². The van der Waals surface area contributed by atoms with Crippen LogP contribution in [0.25, 0.3) is 11.3 Å². The molecule has 1 aromatic heterocycles. The molecule has 0 saturated heterocycles. The molecule has 156 valence electrons. The Morgan fingerprint density at radius 1 is 1.17 bits per heavy atom. The molecule has 29 heavy (non-hydrogen) atoms. The average molecular weight is 413 g/mol. The third-order valence-electron chi connectivity index (χ3n) is 4.76. The van der Waals surface area contributed by atoms with Crippen molar-refractivity contribution >= 4 is 11.9 Å². The lowest BCUT2D eigenvalue weighted by atomic mass is 10.0. The molecule has 0 saturated carbocycles. The molecule has 0 atom stereocenters. The largest absolute Gasteiger partial charge is 0.351 e. The van der Waals surface area contributed by atoms with Gasteiger partial charge in [-0.2, -0.15) is 5.10 Å². The summed E-state index contributed by atoms with van der Waals surface area (Å²) in [6.45, 7) is -4.03. The van der Waals surface area contributed by atoms with Gasteiger partial charge < -0.3 is 16.0 Å². The highest BCUT2D eigenvalue weighted by molar-refractivity contribution is 6.01. The van der Waals surface area contributed by atoms with Crippen LogP contribution in [0.3, 0.4) is 0 Å². The molecule has 0 fully saturated rings. The molecule has 0 spiro atoms. The number of aromatic nitrogens is 2. The highest BCUT2D eigenvalue weighted by atomic mass is 19.2. The van der Waals surface area contributed by atoms with Gasteiger partial charge in [0.05, 0.1) is 24.3 Å². The van der Waals surface area contributed by atoms with Crippen LogP contribution < -0.4 is 11.1 Å². The molecule has 1 aliphatic rings. The third kappa shape index (κ3) is 3.89. The number of carbonyl (C=O) groups excluding carboxylic acids is 2. The van der Waals surface area contributed by atoms with Gasteiger partial charge in [-0.1, -0.05) is 12.1 Å². The van der Waals surface area contributed by atoms with E-state index in [0.717, 1.165) is 6.07 Å². The molecule has 0 unspecified atom stereocenters. The van der Waals surface area contributed by atoms with E-state index in [1.54, 1.807) is 0 Å². The van der Waals surface area contributed by atoms with Crippen molar-refractivity contribution < 1.29 is 27.2 Å². The Bertz CT molecular complexity index is 921. The molecule has 3 N–H and O–H groups in total. The number of nitrogens with two attached hydrogens (primary N) is 1. The average Bonchev–Trinajstić information content (AvgIpc) is 3.11. The number of nitrogens with one attached hydrogen (secondary N) is 1. The number of alkyl halides is 3. The van der Waals surface area contributed by atoms with Crippen LogP contribution >= 0.6 is 0 Å². The zero-order valence-corrected chi connectivity index (χ0v) is 15.3. The van der Waals surface area contributed by atoms with Crippen LogP contribution in [-0.4, -0.2) is 58.7 Å². The molecule has 3 rings (SSSR count). The number of urea groups is 1. The van der Waals surface area contributed by atoms with Crippen LogP contribution in [0.1, 0.15) is 16.1 Å². The van der Waals surface area contributed by atoms with E-state index in [4.69, 9.17) is 5.73 Å². The van der Waals surface area contributed by atoms with Crippen LogP contribution in [0.15, 0.2) is 24.3 Å². The summed E-state index contributed by atoms with van der Waals surface area (Å²) in [6.07, 6.45) is 0. The van der Waals surface area contributed by atoms with E-state index in [1.807, 2.05) is 0 Å². The Balaban J connectivity index is 2.11. The second-order valence-electron chi connectivity index (χ2n) is 6.80.